The largest absolute Gasteiger partial charge is 0.309 e. The molecule has 1 aliphatic carbocycles. The summed E-state index contributed by atoms with van der Waals surface area (Å²) in [5.41, 5.74) is 24.3. The molecule has 384 valence electrons. The number of fused-ring (bicyclic) bond motifs is 13. The Hall–Kier alpha value is -10.6. The number of aromatic nitrogens is 5. The van der Waals surface area contributed by atoms with E-state index in [1.165, 1.54) is 93.5 Å². The van der Waals surface area contributed by atoms with Gasteiger partial charge in [-0.2, -0.15) is 0 Å². The fourth-order valence-electron chi connectivity index (χ4n) is 13.7. The zero-order valence-electron chi connectivity index (χ0n) is 45.2. The van der Waals surface area contributed by atoms with Gasteiger partial charge in [-0.05, 0) is 148 Å². The molecule has 5 heteroatoms. The van der Waals surface area contributed by atoms with Gasteiger partial charge < -0.3 is 13.7 Å². The Morgan fingerprint density at radius 3 is 1.32 bits per heavy atom. The van der Waals surface area contributed by atoms with E-state index >= 15 is 0 Å². The Labute approximate surface area is 473 Å². The molecule has 12 aromatic carbocycles. The molecule has 0 spiro atoms. The van der Waals surface area contributed by atoms with E-state index in [4.69, 9.17) is 9.97 Å². The van der Waals surface area contributed by atoms with Crippen molar-refractivity contribution in [2.24, 2.45) is 0 Å². The molecule has 0 amide bonds. The summed E-state index contributed by atoms with van der Waals surface area (Å²) >= 11 is 0. The van der Waals surface area contributed by atoms with Gasteiger partial charge in [-0.25, -0.2) is 9.97 Å². The van der Waals surface area contributed by atoms with E-state index in [0.717, 1.165) is 61.3 Å². The fraction of sp³-hybridized carbons (Fsp3) is 0.0390. The molecule has 17 rings (SSSR count). The van der Waals surface area contributed by atoms with Crippen LogP contribution >= 0.6 is 0 Å². The van der Waals surface area contributed by atoms with Crippen molar-refractivity contribution in [3.05, 3.63) is 284 Å². The number of hydrogen-bond donors (Lipinski definition) is 0. The lowest BCUT2D eigenvalue weighted by Crippen LogP contribution is -2.15. The summed E-state index contributed by atoms with van der Waals surface area (Å²) in [4.78, 5) is 10.3. The zero-order valence-corrected chi connectivity index (χ0v) is 45.2. The van der Waals surface area contributed by atoms with Gasteiger partial charge in [0.2, 0.25) is 0 Å². The van der Waals surface area contributed by atoms with Gasteiger partial charge in [0.05, 0.1) is 44.3 Å². The SMILES string of the molecule is CC1(C)c2ccccc2-c2ccc(-n3c4ccccc4c4cc(-c5ccc6c(c5)c5cc(-c7ccc8c(c7)c7ccccc7n8-c7ccccc7)ccc5n6-c5cccc(-c6nc(-c7ccccc7)nc7ccccc67)c5)ccc43)cc21. The second kappa shape index (κ2) is 17.7. The predicted molar refractivity (Wildman–Crippen MR) is 342 cm³/mol. The van der Waals surface area contributed by atoms with Crippen molar-refractivity contribution in [1.29, 1.82) is 0 Å². The number of benzene rings is 12. The maximum absolute atomic E-state index is 5.30. The van der Waals surface area contributed by atoms with Crippen LogP contribution in [0.4, 0.5) is 0 Å². The lowest BCUT2D eigenvalue weighted by Gasteiger charge is -2.22. The molecule has 0 saturated carbocycles. The van der Waals surface area contributed by atoms with Crippen LogP contribution in [0.1, 0.15) is 25.0 Å². The van der Waals surface area contributed by atoms with E-state index in [1.807, 2.05) is 18.2 Å². The maximum atomic E-state index is 5.30. The first-order valence-electron chi connectivity index (χ1n) is 28.3. The molecule has 1 aliphatic rings. The standard InChI is InChI=1S/C77H51N5/c1-77(2)66-28-13-9-24-57(66)58-37-36-56(47-67(58)77)82-70-31-16-12-26-60(70)63-44-50(33-39-72(63)82)52-35-41-74-65(46-52)64-45-51(49-32-38-71-62(43-49)59-25-11-15-30-69(59)80(71)54-21-7-4-8-22-54)34-40-73(64)81(74)55-23-17-20-53(42-55)75-61-27-10-14-29-68(61)78-76(79-75)48-18-5-3-6-19-48/h3-47H,1-2H3. The third-order valence-corrected chi connectivity index (χ3v) is 17.6. The number of rotatable bonds is 7. The Morgan fingerprint density at radius 2 is 0.707 bits per heavy atom. The molecule has 0 atom stereocenters. The van der Waals surface area contributed by atoms with Gasteiger partial charge in [-0.1, -0.05) is 184 Å². The smallest absolute Gasteiger partial charge is 0.160 e. The van der Waals surface area contributed by atoms with E-state index in [2.05, 4.69) is 282 Å². The van der Waals surface area contributed by atoms with Gasteiger partial charge in [0, 0.05) is 71.3 Å². The summed E-state index contributed by atoms with van der Waals surface area (Å²) in [6.45, 7) is 4.72. The molecule has 0 aliphatic heterocycles. The Bertz CT molecular complexity index is 5310. The van der Waals surface area contributed by atoms with Crippen molar-refractivity contribution < 1.29 is 0 Å². The maximum Gasteiger partial charge on any atom is 0.160 e. The Balaban J connectivity index is 0.845. The van der Waals surface area contributed by atoms with Crippen molar-refractivity contribution in [2.45, 2.75) is 19.3 Å². The van der Waals surface area contributed by atoms with Crippen LogP contribution in [-0.4, -0.2) is 23.7 Å². The van der Waals surface area contributed by atoms with Crippen LogP contribution in [0.15, 0.2) is 273 Å². The molecule has 4 heterocycles. The second-order valence-electron chi connectivity index (χ2n) is 22.5. The summed E-state index contributed by atoms with van der Waals surface area (Å²) in [6, 6.07) is 99.9. The minimum atomic E-state index is -0.102. The molecule has 0 radical (unpaired) electrons. The zero-order chi connectivity index (χ0) is 54.2. The van der Waals surface area contributed by atoms with Crippen LogP contribution in [0.25, 0.3) is 149 Å². The number of para-hydroxylation sites is 4. The molecule has 0 bridgehead atoms. The van der Waals surface area contributed by atoms with Gasteiger partial charge in [0.25, 0.3) is 0 Å². The van der Waals surface area contributed by atoms with Crippen LogP contribution in [0, 0.1) is 0 Å². The number of nitrogens with zero attached hydrogens (tertiary/aromatic N) is 5. The molecule has 0 fully saturated rings. The lowest BCUT2D eigenvalue weighted by molar-refractivity contribution is 0.660. The third kappa shape index (κ3) is 6.93. The summed E-state index contributed by atoms with van der Waals surface area (Å²) in [7, 11) is 0. The van der Waals surface area contributed by atoms with Crippen LogP contribution in [0.5, 0.6) is 0 Å². The molecular formula is C77H51N5. The van der Waals surface area contributed by atoms with Crippen molar-refractivity contribution >= 4 is 76.3 Å². The van der Waals surface area contributed by atoms with Gasteiger partial charge in [-0.3, -0.25) is 0 Å². The molecule has 4 aromatic heterocycles. The minimum Gasteiger partial charge on any atom is -0.309 e. The Kier molecular flexibility index (Phi) is 9.99. The van der Waals surface area contributed by atoms with E-state index < -0.39 is 0 Å². The first-order chi connectivity index (χ1) is 40.4. The highest BCUT2D eigenvalue weighted by molar-refractivity contribution is 6.15. The summed E-state index contributed by atoms with van der Waals surface area (Å²) in [5, 5.41) is 8.32. The monoisotopic (exact) mass is 1050 g/mol. The molecule has 0 N–H and O–H groups in total. The van der Waals surface area contributed by atoms with E-state index in [1.54, 1.807) is 0 Å². The van der Waals surface area contributed by atoms with E-state index in [0.29, 0.717) is 5.82 Å². The second-order valence-corrected chi connectivity index (χ2v) is 22.5. The summed E-state index contributed by atoms with van der Waals surface area (Å²) < 4.78 is 7.28. The molecule has 82 heavy (non-hydrogen) atoms. The first kappa shape index (κ1) is 46.3. The van der Waals surface area contributed by atoms with Gasteiger partial charge in [-0.15, -0.1) is 0 Å². The van der Waals surface area contributed by atoms with Crippen molar-refractivity contribution in [3.8, 4) is 73.1 Å². The fourth-order valence-corrected chi connectivity index (χ4v) is 13.7. The first-order valence-corrected chi connectivity index (χ1v) is 28.3. The predicted octanol–water partition coefficient (Wildman–Crippen LogP) is 19.9. The minimum absolute atomic E-state index is 0.102. The summed E-state index contributed by atoms with van der Waals surface area (Å²) in [6.07, 6.45) is 0. The van der Waals surface area contributed by atoms with Crippen LogP contribution < -0.4 is 0 Å². The van der Waals surface area contributed by atoms with Gasteiger partial charge in [0.15, 0.2) is 5.82 Å². The van der Waals surface area contributed by atoms with Gasteiger partial charge in [0.1, 0.15) is 0 Å². The van der Waals surface area contributed by atoms with Crippen LogP contribution in [0.3, 0.4) is 0 Å². The quantitative estimate of drug-likeness (QED) is 0.160. The van der Waals surface area contributed by atoms with Crippen LogP contribution in [-0.2, 0) is 5.41 Å². The molecule has 5 nitrogen and oxygen atoms in total. The normalized spacial score (nSPS) is 12.9. The van der Waals surface area contributed by atoms with Crippen molar-refractivity contribution in [2.75, 3.05) is 0 Å². The number of hydrogen-bond acceptors (Lipinski definition) is 2. The third-order valence-electron chi connectivity index (χ3n) is 17.6. The average molecular weight is 1050 g/mol. The van der Waals surface area contributed by atoms with E-state index in [9.17, 15) is 0 Å². The van der Waals surface area contributed by atoms with Crippen LogP contribution in [0.2, 0.25) is 0 Å². The highest BCUT2D eigenvalue weighted by Crippen LogP contribution is 2.50. The highest BCUT2D eigenvalue weighted by atomic mass is 15.0. The Morgan fingerprint density at radius 1 is 0.268 bits per heavy atom. The lowest BCUT2D eigenvalue weighted by atomic mass is 9.82. The van der Waals surface area contributed by atoms with Gasteiger partial charge >= 0.3 is 0 Å². The summed E-state index contributed by atoms with van der Waals surface area (Å²) in [5.74, 6) is 0.709. The van der Waals surface area contributed by atoms with Crippen molar-refractivity contribution in [3.63, 3.8) is 0 Å². The van der Waals surface area contributed by atoms with E-state index in [-0.39, 0.29) is 5.41 Å². The average Bonchev–Trinajstić information content (AvgIpc) is 4.34. The molecule has 16 aromatic rings. The molecular weight excluding hydrogens is 995 g/mol. The molecule has 0 saturated heterocycles. The topological polar surface area (TPSA) is 40.6 Å². The van der Waals surface area contributed by atoms with Crippen molar-refractivity contribution in [1.82, 2.24) is 23.7 Å². The highest BCUT2D eigenvalue weighted by Gasteiger charge is 2.35. The molecule has 0 unspecified atom stereocenters.